The molecule has 1 aromatic rings. The highest BCUT2D eigenvalue weighted by atomic mass is 19.3. The standard InChI is InChI=1S/C13H19F2N/c1-3-4-11-5-7-12(8-6-11)9-16-10-13(2,14)15/h5-8,16H,3-4,9-10H2,1-2H3. The smallest absolute Gasteiger partial charge is 0.257 e. The molecule has 0 amide bonds. The van der Waals surface area contributed by atoms with Crippen LogP contribution in [0.1, 0.15) is 31.4 Å². The van der Waals surface area contributed by atoms with E-state index in [0.717, 1.165) is 25.3 Å². The van der Waals surface area contributed by atoms with Crippen molar-refractivity contribution in [1.29, 1.82) is 0 Å². The molecule has 0 fully saturated rings. The minimum atomic E-state index is -2.64. The molecule has 0 radical (unpaired) electrons. The van der Waals surface area contributed by atoms with Gasteiger partial charge in [-0.05, 0) is 17.5 Å². The molecule has 1 N–H and O–H groups in total. The van der Waals surface area contributed by atoms with E-state index < -0.39 is 5.92 Å². The van der Waals surface area contributed by atoms with Gasteiger partial charge in [0.1, 0.15) is 0 Å². The molecule has 0 aromatic heterocycles. The summed E-state index contributed by atoms with van der Waals surface area (Å²) in [7, 11) is 0. The molecule has 1 rings (SSSR count). The molecule has 0 bridgehead atoms. The maximum Gasteiger partial charge on any atom is 0.257 e. The molecule has 0 heterocycles. The third kappa shape index (κ3) is 5.21. The summed E-state index contributed by atoms with van der Waals surface area (Å²) in [5.41, 5.74) is 2.34. The van der Waals surface area contributed by atoms with Crippen LogP contribution in [0, 0.1) is 0 Å². The summed E-state index contributed by atoms with van der Waals surface area (Å²) in [5.74, 6) is -2.64. The van der Waals surface area contributed by atoms with Gasteiger partial charge in [-0.25, -0.2) is 8.78 Å². The monoisotopic (exact) mass is 227 g/mol. The first-order valence-electron chi connectivity index (χ1n) is 5.67. The van der Waals surface area contributed by atoms with Gasteiger partial charge in [-0.15, -0.1) is 0 Å². The molecule has 90 valence electrons. The molecule has 0 spiro atoms. The predicted octanol–water partition coefficient (Wildman–Crippen LogP) is 3.38. The average molecular weight is 227 g/mol. The van der Waals surface area contributed by atoms with Crippen LogP contribution in [0.2, 0.25) is 0 Å². The fourth-order valence-electron chi connectivity index (χ4n) is 1.54. The molecule has 0 saturated carbocycles. The molecule has 3 heteroatoms. The number of hydrogen-bond acceptors (Lipinski definition) is 1. The SMILES string of the molecule is CCCc1ccc(CNCC(C)(F)F)cc1. The van der Waals surface area contributed by atoms with E-state index in [2.05, 4.69) is 24.4 Å². The van der Waals surface area contributed by atoms with Gasteiger partial charge in [0.05, 0.1) is 6.54 Å². The second-order valence-corrected chi connectivity index (χ2v) is 4.24. The first-order valence-corrected chi connectivity index (χ1v) is 5.67. The highest BCUT2D eigenvalue weighted by Crippen LogP contribution is 2.10. The van der Waals surface area contributed by atoms with Crippen molar-refractivity contribution in [1.82, 2.24) is 5.32 Å². The van der Waals surface area contributed by atoms with Crippen molar-refractivity contribution in [2.75, 3.05) is 6.54 Å². The van der Waals surface area contributed by atoms with Crippen LogP contribution >= 0.6 is 0 Å². The molecule has 0 unspecified atom stereocenters. The largest absolute Gasteiger partial charge is 0.307 e. The van der Waals surface area contributed by atoms with E-state index >= 15 is 0 Å². The Morgan fingerprint density at radius 3 is 2.19 bits per heavy atom. The summed E-state index contributed by atoms with van der Waals surface area (Å²) < 4.78 is 25.1. The van der Waals surface area contributed by atoms with Gasteiger partial charge >= 0.3 is 0 Å². The van der Waals surface area contributed by atoms with Crippen LogP contribution in [-0.2, 0) is 13.0 Å². The topological polar surface area (TPSA) is 12.0 Å². The van der Waals surface area contributed by atoms with Crippen LogP contribution in [0.4, 0.5) is 8.78 Å². The van der Waals surface area contributed by atoms with Crippen molar-refractivity contribution in [3.63, 3.8) is 0 Å². The Bertz CT molecular complexity index is 301. The highest BCUT2D eigenvalue weighted by Gasteiger charge is 2.19. The van der Waals surface area contributed by atoms with Crippen molar-refractivity contribution in [2.24, 2.45) is 0 Å². The van der Waals surface area contributed by atoms with Gasteiger partial charge in [0.25, 0.3) is 5.92 Å². The lowest BCUT2D eigenvalue weighted by Gasteiger charge is -2.11. The van der Waals surface area contributed by atoms with E-state index in [9.17, 15) is 8.78 Å². The zero-order valence-electron chi connectivity index (χ0n) is 9.89. The lowest BCUT2D eigenvalue weighted by molar-refractivity contribution is 0.0224. The maximum atomic E-state index is 12.5. The van der Waals surface area contributed by atoms with E-state index in [1.807, 2.05) is 12.1 Å². The summed E-state index contributed by atoms with van der Waals surface area (Å²) >= 11 is 0. The number of aryl methyl sites for hydroxylation is 1. The Balaban J connectivity index is 2.37. The first kappa shape index (κ1) is 13.1. The summed E-state index contributed by atoms with van der Waals surface area (Å²) in [5, 5.41) is 2.74. The Labute approximate surface area is 95.9 Å². The molecule has 1 aromatic carbocycles. The average Bonchev–Trinajstić information content (AvgIpc) is 2.19. The number of nitrogens with one attached hydrogen (secondary N) is 1. The van der Waals surface area contributed by atoms with Crippen LogP contribution in [0.3, 0.4) is 0 Å². The molecular formula is C13H19F2N. The van der Waals surface area contributed by atoms with Crippen molar-refractivity contribution in [2.45, 2.75) is 39.2 Å². The van der Waals surface area contributed by atoms with Gasteiger partial charge in [0.15, 0.2) is 0 Å². The van der Waals surface area contributed by atoms with Gasteiger partial charge in [0, 0.05) is 13.5 Å². The minimum absolute atomic E-state index is 0.274. The molecule has 0 saturated heterocycles. The van der Waals surface area contributed by atoms with Crippen molar-refractivity contribution < 1.29 is 8.78 Å². The number of rotatable bonds is 6. The predicted molar refractivity (Wildman–Crippen MR) is 62.8 cm³/mol. The number of halogens is 2. The second kappa shape index (κ2) is 5.94. The van der Waals surface area contributed by atoms with Crippen LogP contribution in [0.5, 0.6) is 0 Å². The lowest BCUT2D eigenvalue weighted by Crippen LogP contribution is -2.29. The summed E-state index contributed by atoms with van der Waals surface area (Å²) in [6.45, 7) is 3.28. The molecular weight excluding hydrogens is 208 g/mol. The van der Waals surface area contributed by atoms with Crippen LogP contribution < -0.4 is 5.32 Å². The molecule has 0 atom stereocenters. The molecule has 16 heavy (non-hydrogen) atoms. The Kier molecular flexibility index (Phi) is 4.87. The fourth-order valence-corrected chi connectivity index (χ4v) is 1.54. The first-order chi connectivity index (χ1) is 7.51. The van der Waals surface area contributed by atoms with Crippen molar-refractivity contribution >= 4 is 0 Å². The van der Waals surface area contributed by atoms with E-state index in [1.165, 1.54) is 5.56 Å². The van der Waals surface area contributed by atoms with E-state index in [0.29, 0.717) is 6.54 Å². The molecule has 0 aliphatic rings. The van der Waals surface area contributed by atoms with Gasteiger partial charge < -0.3 is 5.32 Å². The Hall–Kier alpha value is -0.960. The van der Waals surface area contributed by atoms with Crippen molar-refractivity contribution in [3.05, 3.63) is 35.4 Å². The maximum absolute atomic E-state index is 12.5. The van der Waals surface area contributed by atoms with Crippen LogP contribution in [0.25, 0.3) is 0 Å². The summed E-state index contributed by atoms with van der Waals surface area (Å²) in [4.78, 5) is 0. The van der Waals surface area contributed by atoms with E-state index in [4.69, 9.17) is 0 Å². The number of alkyl halides is 2. The second-order valence-electron chi connectivity index (χ2n) is 4.24. The normalized spacial score (nSPS) is 11.8. The van der Waals surface area contributed by atoms with Crippen LogP contribution in [0.15, 0.2) is 24.3 Å². The molecule has 1 nitrogen and oxygen atoms in total. The third-order valence-corrected chi connectivity index (χ3v) is 2.33. The van der Waals surface area contributed by atoms with Gasteiger partial charge in [-0.3, -0.25) is 0 Å². The molecule has 0 aliphatic carbocycles. The zero-order valence-corrected chi connectivity index (χ0v) is 9.89. The fraction of sp³-hybridized carbons (Fsp3) is 0.538. The summed E-state index contributed by atoms with van der Waals surface area (Å²) in [6.07, 6.45) is 2.19. The number of benzene rings is 1. The van der Waals surface area contributed by atoms with Gasteiger partial charge in [-0.2, -0.15) is 0 Å². The number of hydrogen-bond donors (Lipinski definition) is 1. The molecule has 0 aliphatic heterocycles. The van der Waals surface area contributed by atoms with E-state index in [-0.39, 0.29) is 6.54 Å². The van der Waals surface area contributed by atoms with Crippen molar-refractivity contribution in [3.8, 4) is 0 Å². The van der Waals surface area contributed by atoms with Crippen LogP contribution in [-0.4, -0.2) is 12.5 Å². The van der Waals surface area contributed by atoms with Gasteiger partial charge in [0.2, 0.25) is 0 Å². The highest BCUT2D eigenvalue weighted by molar-refractivity contribution is 5.22. The Morgan fingerprint density at radius 1 is 1.12 bits per heavy atom. The zero-order chi connectivity index (χ0) is 12.0. The third-order valence-electron chi connectivity index (χ3n) is 2.33. The lowest BCUT2D eigenvalue weighted by atomic mass is 10.1. The minimum Gasteiger partial charge on any atom is -0.307 e. The Morgan fingerprint density at radius 2 is 1.69 bits per heavy atom. The van der Waals surface area contributed by atoms with Gasteiger partial charge in [-0.1, -0.05) is 37.6 Å². The quantitative estimate of drug-likeness (QED) is 0.785. The van der Waals surface area contributed by atoms with E-state index in [1.54, 1.807) is 0 Å². The summed E-state index contributed by atoms with van der Waals surface area (Å²) in [6, 6.07) is 8.10.